The molecule has 0 bridgehead atoms. The number of esters is 1. The van der Waals surface area contributed by atoms with E-state index in [4.69, 9.17) is 28.4 Å². The summed E-state index contributed by atoms with van der Waals surface area (Å²) in [6, 6.07) is 15.7. The number of nitrogens with zero attached hydrogens (tertiary/aromatic N) is 1. The van der Waals surface area contributed by atoms with Crippen molar-refractivity contribution in [3.8, 4) is 34.8 Å². The third-order valence-corrected chi connectivity index (χ3v) is 7.50. The van der Waals surface area contributed by atoms with Crippen molar-refractivity contribution in [3.05, 3.63) is 76.6 Å². The first-order valence-corrected chi connectivity index (χ1v) is 13.3. The van der Waals surface area contributed by atoms with Gasteiger partial charge in [0, 0.05) is 41.2 Å². The van der Waals surface area contributed by atoms with Crippen molar-refractivity contribution < 1.29 is 37.6 Å². The summed E-state index contributed by atoms with van der Waals surface area (Å²) < 4.78 is 49.3. The Morgan fingerprint density at radius 3 is 2.70 bits per heavy atom. The number of carbonyl (C=O) groups excluding carboxylic acids is 1. The second-order valence-electron chi connectivity index (χ2n) is 10.0. The fraction of sp³-hybridized carbons (Fsp3) is 0.355. The summed E-state index contributed by atoms with van der Waals surface area (Å²) in [6.45, 7) is 1.54. The van der Waals surface area contributed by atoms with Crippen LogP contribution in [-0.2, 0) is 20.7 Å². The highest BCUT2D eigenvalue weighted by molar-refractivity contribution is 5.71. The largest absolute Gasteiger partial charge is 0.492 e. The van der Waals surface area contributed by atoms with Gasteiger partial charge in [0.15, 0.2) is 0 Å². The topological polar surface area (TPSA) is 96.2 Å². The number of nitriles is 1. The maximum atomic E-state index is 15.1. The number of ether oxygens (including phenoxy) is 6. The lowest BCUT2D eigenvalue weighted by molar-refractivity contribution is -0.141. The Morgan fingerprint density at radius 1 is 1.05 bits per heavy atom. The molecule has 2 aliphatic heterocycles. The van der Waals surface area contributed by atoms with Crippen LogP contribution in [0.25, 0.3) is 0 Å². The molecule has 1 saturated heterocycles. The Hall–Kier alpha value is -4.29. The number of rotatable bonds is 8. The number of halogens is 1. The fourth-order valence-electron chi connectivity index (χ4n) is 5.48. The van der Waals surface area contributed by atoms with E-state index in [2.05, 4.69) is 6.07 Å². The van der Waals surface area contributed by atoms with E-state index in [1.165, 1.54) is 13.2 Å². The lowest BCUT2D eigenvalue weighted by Gasteiger charge is -2.18. The number of hydrogen-bond acceptors (Lipinski definition) is 8. The minimum absolute atomic E-state index is 0.0697. The lowest BCUT2D eigenvalue weighted by Crippen LogP contribution is -2.16. The van der Waals surface area contributed by atoms with Crippen LogP contribution in [0.5, 0.6) is 28.7 Å². The van der Waals surface area contributed by atoms with Crippen LogP contribution in [0.4, 0.5) is 4.39 Å². The van der Waals surface area contributed by atoms with Crippen LogP contribution < -0.4 is 18.9 Å². The fourth-order valence-corrected chi connectivity index (χ4v) is 5.48. The highest BCUT2D eigenvalue weighted by atomic mass is 19.1. The second-order valence-corrected chi connectivity index (χ2v) is 10.0. The van der Waals surface area contributed by atoms with Crippen LogP contribution >= 0.6 is 0 Å². The Balaban J connectivity index is 1.18. The lowest BCUT2D eigenvalue weighted by atomic mass is 9.98. The SMILES string of the molecule is COC(=O)C[C@@H]1COc2cc(O[C@@H]3CCc4c(Oc5ccc(O[C@@H]6CCOC6)c(C#N)c5)ccc(F)c43)ccc21. The highest BCUT2D eigenvalue weighted by Crippen LogP contribution is 2.44. The zero-order valence-corrected chi connectivity index (χ0v) is 22.0. The number of benzene rings is 3. The molecule has 1 fully saturated rings. The quantitative estimate of drug-likeness (QED) is 0.330. The molecule has 0 N–H and O–H groups in total. The minimum Gasteiger partial charge on any atom is -0.492 e. The molecular weight excluding hydrogens is 517 g/mol. The van der Waals surface area contributed by atoms with Crippen molar-refractivity contribution in [1.29, 1.82) is 5.26 Å². The number of methoxy groups -OCH3 is 1. The van der Waals surface area contributed by atoms with Crippen LogP contribution in [-0.4, -0.2) is 39.0 Å². The molecule has 0 aromatic heterocycles. The molecule has 0 amide bonds. The molecule has 9 heteroatoms. The summed E-state index contributed by atoms with van der Waals surface area (Å²) in [5.41, 5.74) is 2.49. The molecule has 8 nitrogen and oxygen atoms in total. The van der Waals surface area contributed by atoms with E-state index in [-0.39, 0.29) is 30.2 Å². The van der Waals surface area contributed by atoms with Gasteiger partial charge in [-0.15, -0.1) is 0 Å². The van der Waals surface area contributed by atoms with Crippen molar-refractivity contribution >= 4 is 5.97 Å². The summed E-state index contributed by atoms with van der Waals surface area (Å²) >= 11 is 0. The van der Waals surface area contributed by atoms with E-state index < -0.39 is 6.10 Å². The van der Waals surface area contributed by atoms with Gasteiger partial charge in [-0.25, -0.2) is 4.39 Å². The summed E-state index contributed by atoms with van der Waals surface area (Å²) in [7, 11) is 1.37. The Labute approximate surface area is 231 Å². The monoisotopic (exact) mass is 545 g/mol. The Bertz CT molecular complexity index is 1480. The number of carbonyl (C=O) groups is 1. The van der Waals surface area contributed by atoms with E-state index >= 15 is 4.39 Å². The summed E-state index contributed by atoms with van der Waals surface area (Å²) in [6.07, 6.45) is 1.61. The summed E-state index contributed by atoms with van der Waals surface area (Å²) in [5.74, 6) is 1.96. The zero-order valence-electron chi connectivity index (χ0n) is 22.0. The molecular formula is C31H28FNO7. The van der Waals surface area contributed by atoms with Crippen molar-refractivity contribution in [2.24, 2.45) is 0 Å². The predicted molar refractivity (Wildman–Crippen MR) is 140 cm³/mol. The molecule has 0 unspecified atom stereocenters. The first-order valence-electron chi connectivity index (χ1n) is 13.3. The normalized spacial score (nSPS) is 20.7. The predicted octanol–water partition coefficient (Wildman–Crippen LogP) is 5.76. The third-order valence-electron chi connectivity index (χ3n) is 7.50. The molecule has 3 aromatic carbocycles. The standard InChI is InChI=1S/C31H28FNO7/c1-35-30(34)13-19-16-37-29-14-21(2-4-23(19)29)39-28-8-5-24-27(9-6-25(32)31(24)28)38-20-3-7-26(18(12-20)15-33)40-22-10-11-36-17-22/h2-4,6-7,9,12,14,19,22,28H,5,8,10-11,13,16-17H2,1H3/t19-,22-,28-/m1/s1. The molecule has 2 heterocycles. The van der Waals surface area contributed by atoms with E-state index in [9.17, 15) is 10.1 Å². The molecule has 206 valence electrons. The van der Waals surface area contributed by atoms with Gasteiger partial charge in [-0.05, 0) is 43.2 Å². The number of hydrogen-bond donors (Lipinski definition) is 0. The van der Waals surface area contributed by atoms with E-state index in [1.54, 1.807) is 30.3 Å². The van der Waals surface area contributed by atoms with Crippen LogP contribution in [0.2, 0.25) is 0 Å². The highest BCUT2D eigenvalue weighted by Gasteiger charge is 2.32. The molecule has 1 aliphatic carbocycles. The molecule has 3 atom stereocenters. The molecule has 3 aliphatic rings. The van der Waals surface area contributed by atoms with Gasteiger partial charge in [0.25, 0.3) is 0 Å². The maximum absolute atomic E-state index is 15.1. The van der Waals surface area contributed by atoms with Crippen LogP contribution in [0, 0.1) is 17.1 Å². The molecule has 40 heavy (non-hydrogen) atoms. The van der Waals surface area contributed by atoms with Gasteiger partial charge in [-0.3, -0.25) is 4.79 Å². The second kappa shape index (κ2) is 11.1. The van der Waals surface area contributed by atoms with Crippen LogP contribution in [0.1, 0.15) is 53.5 Å². The smallest absolute Gasteiger partial charge is 0.306 e. The van der Waals surface area contributed by atoms with Gasteiger partial charge >= 0.3 is 5.97 Å². The van der Waals surface area contributed by atoms with E-state index in [1.807, 2.05) is 12.1 Å². The molecule has 0 radical (unpaired) electrons. The molecule has 6 rings (SSSR count). The molecule has 3 aromatic rings. The van der Waals surface area contributed by atoms with Gasteiger partial charge in [0.1, 0.15) is 52.8 Å². The number of fused-ring (bicyclic) bond motifs is 2. The average Bonchev–Trinajstić information content (AvgIpc) is 3.72. The van der Waals surface area contributed by atoms with E-state index in [0.29, 0.717) is 72.5 Å². The van der Waals surface area contributed by atoms with Crippen molar-refractivity contribution in [2.75, 3.05) is 26.9 Å². The average molecular weight is 546 g/mol. The maximum Gasteiger partial charge on any atom is 0.306 e. The van der Waals surface area contributed by atoms with Gasteiger partial charge in [0.05, 0.1) is 38.9 Å². The van der Waals surface area contributed by atoms with Crippen molar-refractivity contribution in [2.45, 2.75) is 43.8 Å². The van der Waals surface area contributed by atoms with Crippen LogP contribution in [0.3, 0.4) is 0 Å². The van der Waals surface area contributed by atoms with Gasteiger partial charge < -0.3 is 28.4 Å². The Kier molecular flexibility index (Phi) is 7.18. The Morgan fingerprint density at radius 2 is 1.90 bits per heavy atom. The first-order chi connectivity index (χ1) is 19.5. The van der Waals surface area contributed by atoms with E-state index in [0.717, 1.165) is 17.5 Å². The van der Waals surface area contributed by atoms with Crippen molar-refractivity contribution in [1.82, 2.24) is 0 Å². The first kappa shape index (κ1) is 26.0. The molecule has 0 spiro atoms. The van der Waals surface area contributed by atoms with Gasteiger partial charge in [-0.1, -0.05) is 6.07 Å². The van der Waals surface area contributed by atoms with Crippen molar-refractivity contribution in [3.63, 3.8) is 0 Å². The summed E-state index contributed by atoms with van der Waals surface area (Å²) in [4.78, 5) is 11.7. The molecule has 0 saturated carbocycles. The van der Waals surface area contributed by atoms with Gasteiger partial charge in [0.2, 0.25) is 0 Å². The minimum atomic E-state index is -0.497. The van der Waals surface area contributed by atoms with Gasteiger partial charge in [-0.2, -0.15) is 5.26 Å². The summed E-state index contributed by atoms with van der Waals surface area (Å²) in [5, 5.41) is 9.66. The third kappa shape index (κ3) is 5.15. The van der Waals surface area contributed by atoms with Crippen LogP contribution in [0.15, 0.2) is 48.5 Å². The zero-order chi connectivity index (χ0) is 27.6.